The van der Waals surface area contributed by atoms with Gasteiger partial charge < -0.3 is 24.9 Å². The summed E-state index contributed by atoms with van der Waals surface area (Å²) >= 11 is 0. The van der Waals surface area contributed by atoms with Crippen molar-refractivity contribution in [3.63, 3.8) is 0 Å². The third kappa shape index (κ3) is 5.37. The normalized spacial score (nSPS) is 13.8. The molecule has 0 spiro atoms. The molecule has 15 heteroatoms. The lowest BCUT2D eigenvalue weighted by Gasteiger charge is -2.38. The first-order valence-electron chi connectivity index (χ1n) is 13.5. The molecule has 43 heavy (non-hydrogen) atoms. The van der Waals surface area contributed by atoms with Gasteiger partial charge in [0.15, 0.2) is 5.82 Å². The number of hydrazine groups is 1. The quantitative estimate of drug-likeness (QED) is 0.0633. The number of ether oxygens (including phenoxy) is 1. The van der Waals surface area contributed by atoms with E-state index in [0.29, 0.717) is 24.7 Å². The summed E-state index contributed by atoms with van der Waals surface area (Å²) in [5, 5.41) is 9.47. The van der Waals surface area contributed by atoms with Crippen molar-refractivity contribution in [3.8, 4) is 11.4 Å². The Morgan fingerprint density at radius 2 is 1.77 bits per heavy atom. The van der Waals surface area contributed by atoms with Crippen LogP contribution in [-0.4, -0.2) is 85.5 Å². The molecule has 14 nitrogen and oxygen atoms in total. The molecule has 4 aromatic rings. The molecule has 0 atom stereocenters. The van der Waals surface area contributed by atoms with Gasteiger partial charge in [0.25, 0.3) is 11.7 Å². The number of anilines is 1. The molecule has 1 aromatic carbocycles. The Bertz CT molecular complexity index is 1720. The van der Waals surface area contributed by atoms with E-state index < -0.39 is 23.5 Å². The second kappa shape index (κ2) is 11.9. The van der Waals surface area contributed by atoms with E-state index in [9.17, 15) is 14.4 Å². The van der Waals surface area contributed by atoms with E-state index in [4.69, 9.17) is 16.4 Å². The van der Waals surface area contributed by atoms with Crippen molar-refractivity contribution in [1.29, 1.82) is 0 Å². The lowest BCUT2D eigenvalue weighted by molar-refractivity contribution is -0.127. The van der Waals surface area contributed by atoms with Crippen molar-refractivity contribution >= 4 is 40.2 Å². The minimum Gasteiger partial charge on any atom is -0.461 e. The number of rotatable bonds is 6. The maximum atomic E-state index is 15.2. The number of ketones is 1. The second-order valence-corrected chi connectivity index (χ2v) is 9.83. The molecule has 0 radical (unpaired) electrons. The summed E-state index contributed by atoms with van der Waals surface area (Å²) in [6.07, 6.45) is 2.37. The predicted molar refractivity (Wildman–Crippen MR) is 156 cm³/mol. The number of esters is 1. The number of nitrogens with zero attached hydrogens (tertiary/aromatic N) is 8. The number of aromatic nitrogens is 4. The van der Waals surface area contributed by atoms with E-state index >= 15 is 4.39 Å². The zero-order valence-corrected chi connectivity index (χ0v) is 23.9. The van der Waals surface area contributed by atoms with Gasteiger partial charge in [-0.1, -0.05) is 18.2 Å². The van der Waals surface area contributed by atoms with Gasteiger partial charge in [-0.3, -0.25) is 14.3 Å². The highest BCUT2D eigenvalue weighted by Gasteiger charge is 2.32. The minimum atomic E-state index is -0.860. The van der Waals surface area contributed by atoms with E-state index in [2.05, 4.69) is 15.2 Å². The number of hydrazone groups is 1. The number of carbonyl (C=O) groups excluding carboxylic acids is 3. The van der Waals surface area contributed by atoms with Gasteiger partial charge in [0, 0.05) is 52.5 Å². The number of hydrogen-bond acceptors (Lipinski definition) is 9. The van der Waals surface area contributed by atoms with Crippen molar-refractivity contribution in [2.75, 3.05) is 37.8 Å². The van der Waals surface area contributed by atoms with Gasteiger partial charge in [-0.05, 0) is 19.1 Å². The molecule has 4 N–H and O–H groups in total. The smallest absolute Gasteiger partial charge is 0.356 e. The van der Waals surface area contributed by atoms with Crippen LogP contribution in [0.2, 0.25) is 0 Å². The van der Waals surface area contributed by atoms with Gasteiger partial charge >= 0.3 is 5.97 Å². The van der Waals surface area contributed by atoms with Crippen LogP contribution in [0.3, 0.4) is 0 Å². The molecule has 5 rings (SSSR count). The van der Waals surface area contributed by atoms with E-state index in [1.807, 2.05) is 23.1 Å². The number of guanidine groups is 1. The molecule has 0 saturated carbocycles. The van der Waals surface area contributed by atoms with Gasteiger partial charge in [-0.25, -0.2) is 25.0 Å². The van der Waals surface area contributed by atoms with E-state index in [0.717, 1.165) is 6.20 Å². The summed E-state index contributed by atoms with van der Waals surface area (Å²) in [7, 11) is 3.19. The van der Waals surface area contributed by atoms with E-state index in [1.54, 1.807) is 33.2 Å². The largest absolute Gasteiger partial charge is 0.461 e. The van der Waals surface area contributed by atoms with Crippen LogP contribution < -0.4 is 16.7 Å². The number of piperazine rings is 1. The summed E-state index contributed by atoms with van der Waals surface area (Å²) < 4.78 is 23.2. The summed E-state index contributed by atoms with van der Waals surface area (Å²) in [5.41, 5.74) is 1.52. The van der Waals surface area contributed by atoms with Crippen LogP contribution in [0.1, 0.15) is 27.8 Å². The number of halogens is 1. The number of nitrogens with two attached hydrogens (primary N) is 2. The summed E-state index contributed by atoms with van der Waals surface area (Å²) in [5.74, 6) is 9.21. The van der Waals surface area contributed by atoms with Crippen LogP contribution in [0.4, 0.5) is 10.1 Å². The summed E-state index contributed by atoms with van der Waals surface area (Å²) in [4.78, 5) is 46.6. The Kier molecular flexibility index (Phi) is 8.07. The van der Waals surface area contributed by atoms with Crippen molar-refractivity contribution in [3.05, 3.63) is 65.9 Å². The third-order valence-electron chi connectivity index (χ3n) is 7.21. The second-order valence-electron chi connectivity index (χ2n) is 9.83. The highest BCUT2D eigenvalue weighted by molar-refractivity contribution is 6.45. The highest BCUT2D eigenvalue weighted by atomic mass is 19.1. The number of carbonyl (C=O) groups is 3. The predicted octanol–water partition coefficient (Wildman–Crippen LogP) is 1.23. The Balaban J connectivity index is 1.37. The molecule has 224 valence electrons. The van der Waals surface area contributed by atoms with Gasteiger partial charge in [0.1, 0.15) is 17.1 Å². The zero-order valence-electron chi connectivity index (χ0n) is 23.9. The Morgan fingerprint density at radius 3 is 2.42 bits per heavy atom. The number of aryl methyl sites for hydroxylation is 2. The standard InChI is InChI=1S/C28H31FN10O4/c1-4-43-27(42)21-14-20(34-36(21)3)23-24-22(19(29)15-32-23)18(16-35(24)2)25(40)26(41)37-10-12-38(13-11-37)28(33-30)39(31)17-8-6-5-7-9-17/h5-9,14-16H,4,10-13,30-31H2,1-3H3/b33-28-. The fourth-order valence-corrected chi connectivity index (χ4v) is 5.11. The van der Waals surface area contributed by atoms with Gasteiger partial charge in [-0.2, -0.15) is 5.10 Å². The van der Waals surface area contributed by atoms with Crippen LogP contribution in [0.25, 0.3) is 22.3 Å². The highest BCUT2D eigenvalue weighted by Crippen LogP contribution is 2.32. The molecule has 0 aliphatic carbocycles. The van der Waals surface area contributed by atoms with Crippen LogP contribution in [0.15, 0.2) is 53.9 Å². The maximum Gasteiger partial charge on any atom is 0.356 e. The Hall–Kier alpha value is -5.31. The lowest BCUT2D eigenvalue weighted by Crippen LogP contribution is -2.57. The molecular weight excluding hydrogens is 559 g/mol. The SMILES string of the molecule is CCOC(=O)c1cc(-c2ncc(F)c3c(C(=O)C(=O)N4CCN(/C(=N/N)N(N)c5ccccc5)CC4)cn(C)c23)nn1C. The fraction of sp³-hybridized carbons (Fsp3) is 0.286. The monoisotopic (exact) mass is 590 g/mol. The average molecular weight is 591 g/mol. The summed E-state index contributed by atoms with van der Waals surface area (Å²) in [6.45, 7) is 2.89. The van der Waals surface area contributed by atoms with E-state index in [1.165, 1.54) is 31.4 Å². The van der Waals surface area contributed by atoms with Crippen LogP contribution in [0.5, 0.6) is 0 Å². The molecule has 1 aliphatic heterocycles. The molecule has 1 amide bonds. The number of hydrogen-bond donors (Lipinski definition) is 2. The first-order chi connectivity index (χ1) is 20.7. The number of amides is 1. The molecule has 0 unspecified atom stereocenters. The van der Waals surface area contributed by atoms with Crippen molar-refractivity contribution in [2.24, 2.45) is 30.9 Å². The minimum absolute atomic E-state index is 0.0630. The van der Waals surface area contributed by atoms with Crippen LogP contribution in [-0.2, 0) is 23.6 Å². The van der Waals surface area contributed by atoms with Gasteiger partial charge in [-0.15, -0.1) is 5.10 Å². The van der Waals surface area contributed by atoms with E-state index in [-0.39, 0.29) is 53.2 Å². The van der Waals surface area contributed by atoms with Crippen LogP contribution >= 0.6 is 0 Å². The Morgan fingerprint density at radius 1 is 1.09 bits per heavy atom. The molecular formula is C28H31FN10O4. The number of benzene rings is 1. The maximum absolute atomic E-state index is 15.2. The van der Waals surface area contributed by atoms with Crippen molar-refractivity contribution in [1.82, 2.24) is 29.1 Å². The van der Waals surface area contributed by atoms with Crippen molar-refractivity contribution in [2.45, 2.75) is 6.92 Å². The molecule has 0 bridgehead atoms. The zero-order chi connectivity index (χ0) is 30.8. The number of pyridine rings is 1. The number of fused-ring (bicyclic) bond motifs is 1. The Labute approximate surface area is 245 Å². The lowest BCUT2D eigenvalue weighted by atomic mass is 10.1. The molecule has 1 fully saturated rings. The first-order valence-corrected chi connectivity index (χ1v) is 13.5. The van der Waals surface area contributed by atoms with Crippen molar-refractivity contribution < 1.29 is 23.5 Å². The third-order valence-corrected chi connectivity index (χ3v) is 7.21. The fourth-order valence-electron chi connectivity index (χ4n) is 5.11. The number of para-hydroxylation sites is 1. The summed E-state index contributed by atoms with van der Waals surface area (Å²) in [6, 6.07) is 10.6. The van der Waals surface area contributed by atoms with Gasteiger partial charge in [0.2, 0.25) is 5.96 Å². The molecule has 1 saturated heterocycles. The molecule has 1 aliphatic rings. The molecule has 3 aromatic heterocycles. The molecule has 4 heterocycles. The van der Waals surface area contributed by atoms with Crippen LogP contribution in [0, 0.1) is 5.82 Å². The number of Topliss-reactive ketones (excluding diaryl/α,β-unsaturated/α-hetero) is 1. The average Bonchev–Trinajstić information content (AvgIpc) is 3.58. The first kappa shape index (κ1) is 29.2. The van der Waals surface area contributed by atoms with Gasteiger partial charge in [0.05, 0.1) is 35.0 Å². The topological polar surface area (TPSA) is 170 Å².